The third kappa shape index (κ3) is 8.81. The van der Waals surface area contributed by atoms with Crippen molar-refractivity contribution in [3.63, 3.8) is 0 Å². The van der Waals surface area contributed by atoms with Gasteiger partial charge in [0.05, 0.1) is 10.6 Å². The number of alkyl halides is 2. The number of aryl methyl sites for hydroxylation is 1. The number of nitrogens with two attached hydrogens (primary N) is 1. The number of hydrogen-bond acceptors (Lipinski definition) is 4. The molecule has 0 spiro atoms. The largest absolute Gasteiger partial charge is 0.489 e. The molecule has 1 amide bonds. The van der Waals surface area contributed by atoms with Crippen molar-refractivity contribution in [2.45, 2.75) is 63.9 Å². The minimum Gasteiger partial charge on any atom is -0.489 e. The number of primary amides is 1. The Bertz CT molecular complexity index is 1070. The van der Waals surface area contributed by atoms with E-state index in [2.05, 4.69) is 11.0 Å². The van der Waals surface area contributed by atoms with E-state index in [0.717, 1.165) is 17.5 Å². The van der Waals surface area contributed by atoms with Gasteiger partial charge in [0.15, 0.2) is 0 Å². The summed E-state index contributed by atoms with van der Waals surface area (Å²) in [5, 5.41) is 10.8. The van der Waals surface area contributed by atoms with Gasteiger partial charge in [-0.3, -0.25) is 4.79 Å². The summed E-state index contributed by atoms with van der Waals surface area (Å²) in [5.41, 5.74) is 6.69. The van der Waals surface area contributed by atoms with Gasteiger partial charge in [0.2, 0.25) is 0 Å². The van der Waals surface area contributed by atoms with E-state index in [1.807, 2.05) is 12.1 Å². The first-order valence-electron chi connectivity index (χ1n) is 12.7. The van der Waals surface area contributed by atoms with Crippen molar-refractivity contribution in [1.82, 2.24) is 4.90 Å². The van der Waals surface area contributed by atoms with Gasteiger partial charge >= 0.3 is 5.92 Å². The fourth-order valence-electron chi connectivity index (χ4n) is 4.63. The Morgan fingerprint density at radius 3 is 2.41 bits per heavy atom. The van der Waals surface area contributed by atoms with E-state index >= 15 is 0 Å². The van der Waals surface area contributed by atoms with Gasteiger partial charge in [-0.15, -0.1) is 0 Å². The highest BCUT2D eigenvalue weighted by molar-refractivity contribution is 6.32. The average Bonchev–Trinajstić information content (AvgIpc) is 3.48. The van der Waals surface area contributed by atoms with Crippen LogP contribution in [0.3, 0.4) is 0 Å². The first kappa shape index (κ1) is 29.6. The second kappa shape index (κ2) is 12.7. The molecule has 0 radical (unpaired) electrons. The third-order valence-corrected chi connectivity index (χ3v) is 7.19. The van der Waals surface area contributed by atoms with E-state index in [0.29, 0.717) is 15.8 Å². The lowest BCUT2D eigenvalue weighted by Crippen LogP contribution is -2.42. The van der Waals surface area contributed by atoms with Crippen LogP contribution >= 0.6 is 23.2 Å². The van der Waals surface area contributed by atoms with Crippen molar-refractivity contribution >= 4 is 29.1 Å². The number of aliphatic hydroxyl groups is 1. The summed E-state index contributed by atoms with van der Waals surface area (Å²) in [6.45, 7) is 7.35. The highest BCUT2D eigenvalue weighted by atomic mass is 35.5. The van der Waals surface area contributed by atoms with Crippen molar-refractivity contribution in [3.8, 4) is 5.75 Å². The topological polar surface area (TPSA) is 75.8 Å². The third-order valence-electron chi connectivity index (χ3n) is 6.66. The Kier molecular flexibility index (Phi) is 10.2. The summed E-state index contributed by atoms with van der Waals surface area (Å²) in [6, 6.07) is 11.0. The quantitative estimate of drug-likeness (QED) is 0.415. The summed E-state index contributed by atoms with van der Waals surface area (Å²) >= 11 is 12.0. The molecular weight excluding hydrogens is 521 g/mol. The van der Waals surface area contributed by atoms with Gasteiger partial charge in [0, 0.05) is 10.9 Å². The monoisotopic (exact) mass is 556 g/mol. The Morgan fingerprint density at radius 1 is 1.11 bits per heavy atom. The molecule has 0 saturated carbocycles. The molecule has 1 aliphatic carbocycles. The molecule has 1 atom stereocenters. The summed E-state index contributed by atoms with van der Waals surface area (Å²) in [7, 11) is 0. The lowest BCUT2D eigenvalue weighted by Gasteiger charge is -2.18. The molecule has 3 N–H and O–H groups in total. The first-order valence-corrected chi connectivity index (χ1v) is 13.4. The van der Waals surface area contributed by atoms with E-state index in [-0.39, 0.29) is 19.4 Å². The molecule has 2 aliphatic rings. The van der Waals surface area contributed by atoms with Crippen LogP contribution in [-0.4, -0.2) is 53.7 Å². The number of carbonyl (C=O) groups excluding carboxylic acids is 1. The average molecular weight is 558 g/mol. The Balaban J connectivity index is 0.000000213. The summed E-state index contributed by atoms with van der Waals surface area (Å²) in [4.78, 5) is 13.2. The molecule has 0 bridgehead atoms. The van der Waals surface area contributed by atoms with Crippen molar-refractivity contribution in [2.75, 3.05) is 26.2 Å². The minimum atomic E-state index is -3.45. The fourth-order valence-corrected chi connectivity index (χ4v) is 5.08. The fraction of sp³-hybridized carbons (Fsp3) is 0.536. The number of nitrogens with zero attached hydrogens (tertiary/aromatic N) is 1. The van der Waals surface area contributed by atoms with Gasteiger partial charge in [0.25, 0.3) is 5.91 Å². The van der Waals surface area contributed by atoms with Crippen LogP contribution in [0.15, 0.2) is 36.4 Å². The van der Waals surface area contributed by atoms with Gasteiger partial charge in [-0.25, -0.2) is 0 Å². The van der Waals surface area contributed by atoms with Crippen LogP contribution in [0.4, 0.5) is 8.78 Å². The maximum Gasteiger partial charge on any atom is 0.327 e. The van der Waals surface area contributed by atoms with E-state index < -0.39 is 23.3 Å². The smallest absolute Gasteiger partial charge is 0.327 e. The molecule has 2 aromatic carbocycles. The van der Waals surface area contributed by atoms with Crippen LogP contribution in [0.5, 0.6) is 5.75 Å². The number of rotatable bonds is 9. The number of ether oxygens (including phenoxy) is 1. The van der Waals surface area contributed by atoms with Crippen molar-refractivity contribution in [2.24, 2.45) is 11.7 Å². The summed E-state index contributed by atoms with van der Waals surface area (Å²) in [5.74, 6) is -5.41. The van der Waals surface area contributed by atoms with Gasteiger partial charge < -0.3 is 20.5 Å². The molecule has 0 aromatic heterocycles. The maximum absolute atomic E-state index is 13.4. The molecule has 2 aromatic rings. The lowest BCUT2D eigenvalue weighted by molar-refractivity contribution is -0.149. The van der Waals surface area contributed by atoms with Crippen molar-refractivity contribution in [1.29, 1.82) is 0 Å². The number of halogens is 4. The van der Waals surface area contributed by atoms with Crippen molar-refractivity contribution in [3.05, 3.63) is 63.1 Å². The molecule has 1 unspecified atom stereocenters. The molecule has 1 saturated heterocycles. The molecule has 1 aliphatic heterocycles. The summed E-state index contributed by atoms with van der Waals surface area (Å²) < 4.78 is 32.4. The highest BCUT2D eigenvalue weighted by Crippen LogP contribution is 2.38. The molecule has 1 fully saturated rings. The zero-order chi connectivity index (χ0) is 27.2. The van der Waals surface area contributed by atoms with Gasteiger partial charge in [-0.1, -0.05) is 35.3 Å². The zero-order valence-electron chi connectivity index (χ0n) is 21.4. The van der Waals surface area contributed by atoms with Crippen molar-refractivity contribution < 1.29 is 23.4 Å². The molecule has 1 heterocycles. The predicted octanol–water partition coefficient (Wildman–Crippen LogP) is 5.69. The van der Waals surface area contributed by atoms with Gasteiger partial charge in [-0.2, -0.15) is 8.78 Å². The Labute approximate surface area is 227 Å². The van der Waals surface area contributed by atoms with Crippen LogP contribution in [0.25, 0.3) is 0 Å². The second-order valence-corrected chi connectivity index (χ2v) is 11.4. The van der Waals surface area contributed by atoms with Crippen LogP contribution in [-0.2, 0) is 24.1 Å². The number of amides is 1. The van der Waals surface area contributed by atoms with Crippen LogP contribution in [0.2, 0.25) is 10.0 Å². The highest BCUT2D eigenvalue weighted by Gasteiger charge is 2.47. The first-order chi connectivity index (χ1) is 17.3. The van der Waals surface area contributed by atoms with E-state index in [4.69, 9.17) is 33.7 Å². The second-order valence-electron chi connectivity index (χ2n) is 10.5. The number of fused-ring (bicyclic) bond motifs is 1. The van der Waals surface area contributed by atoms with E-state index in [1.54, 1.807) is 32.0 Å². The van der Waals surface area contributed by atoms with E-state index in [9.17, 15) is 18.7 Å². The molecular formula is C28H36Cl2F2N2O3. The van der Waals surface area contributed by atoms with Crippen LogP contribution in [0.1, 0.15) is 49.8 Å². The maximum atomic E-state index is 13.4. The molecule has 37 heavy (non-hydrogen) atoms. The van der Waals surface area contributed by atoms with Gasteiger partial charge in [-0.05, 0) is 113 Å². The SMILES string of the molecule is CC(C)(O)COc1ccc(CCCN2CCCC2)cc1Cl.NC(=O)C(F)(F)C1Cc2ccc(Cl)cc2C1. The molecule has 9 heteroatoms. The lowest BCUT2D eigenvalue weighted by atomic mass is 9.98. The Hall–Kier alpha value is -1.93. The van der Waals surface area contributed by atoms with Crippen LogP contribution < -0.4 is 10.5 Å². The minimum absolute atomic E-state index is 0.145. The molecule has 204 valence electrons. The van der Waals surface area contributed by atoms with Crippen LogP contribution in [0, 0.1) is 5.92 Å². The Morgan fingerprint density at radius 2 is 1.78 bits per heavy atom. The standard InChI is InChI=1S/C17H26ClNO2.C11H10ClF2NO/c1-17(2,20)13-21-16-8-7-14(12-15(16)18)6-5-11-19-9-3-4-10-19;12-9-2-1-6-3-8(4-7(6)5-9)11(13,14)10(15)16/h7-8,12,20H,3-6,9-11,13H2,1-2H3;1-2,5,8H,3-4H2,(H2,15,16). The predicted molar refractivity (Wildman–Crippen MR) is 144 cm³/mol. The number of likely N-dealkylation sites (tertiary alicyclic amines) is 1. The van der Waals surface area contributed by atoms with Gasteiger partial charge in [0.1, 0.15) is 12.4 Å². The zero-order valence-corrected chi connectivity index (χ0v) is 22.9. The summed E-state index contributed by atoms with van der Waals surface area (Å²) in [6.07, 6.45) is 5.22. The number of carbonyl (C=O) groups is 1. The number of hydrogen-bond donors (Lipinski definition) is 2. The normalized spacial score (nSPS) is 17.8. The molecule has 4 rings (SSSR count). The molecule has 5 nitrogen and oxygen atoms in total. The number of benzene rings is 2. The van der Waals surface area contributed by atoms with E-state index in [1.165, 1.54) is 44.5 Å².